The fourth-order valence-corrected chi connectivity index (χ4v) is 14.8. The van der Waals surface area contributed by atoms with Gasteiger partial charge in [-0.15, -0.1) is 0 Å². The maximum atomic E-state index is 13.1. The van der Waals surface area contributed by atoms with Crippen LogP contribution < -0.4 is 0 Å². The minimum absolute atomic E-state index is 0.106. The lowest BCUT2D eigenvalue weighted by Gasteiger charge is -2.21. The van der Waals surface area contributed by atoms with Gasteiger partial charge in [0.05, 0.1) is 26.4 Å². The Morgan fingerprint density at radius 1 is 0.269 bits per heavy atom. The lowest BCUT2D eigenvalue weighted by molar-refractivity contribution is -0.161. The van der Waals surface area contributed by atoms with Crippen molar-refractivity contribution < 1.29 is 80.2 Å². The first kappa shape index (κ1) is 102. The Hall–Kier alpha value is -1.94. The van der Waals surface area contributed by atoms with Crippen LogP contribution in [0.2, 0.25) is 0 Å². The topological polar surface area (TPSA) is 237 Å². The average molecular weight is 1520 g/mol. The number of carbonyl (C=O) groups excluding carboxylic acids is 4. The van der Waals surface area contributed by atoms with Gasteiger partial charge < -0.3 is 33.8 Å². The van der Waals surface area contributed by atoms with E-state index < -0.39 is 97.5 Å². The van der Waals surface area contributed by atoms with Crippen LogP contribution in [-0.2, 0) is 65.4 Å². The summed E-state index contributed by atoms with van der Waals surface area (Å²) in [7, 11) is -9.92. The second-order valence-corrected chi connectivity index (χ2v) is 34.0. The summed E-state index contributed by atoms with van der Waals surface area (Å²) >= 11 is 0. The molecule has 0 amide bonds. The van der Waals surface area contributed by atoms with E-state index in [0.29, 0.717) is 25.7 Å². The number of carbonyl (C=O) groups is 4. The monoisotopic (exact) mass is 1520 g/mol. The third kappa shape index (κ3) is 75.5. The first-order valence-corrected chi connectivity index (χ1v) is 47.1. The molecule has 17 nitrogen and oxygen atoms in total. The Balaban J connectivity index is 5.22. The molecule has 0 fully saturated rings. The summed E-state index contributed by atoms with van der Waals surface area (Å²) < 4.78 is 68.8. The molecule has 0 aromatic carbocycles. The normalized spacial score (nSPS) is 14.4. The molecule has 0 aliphatic rings. The smallest absolute Gasteiger partial charge is 0.462 e. The third-order valence-electron chi connectivity index (χ3n) is 20.7. The molecule has 618 valence electrons. The standard InChI is InChI=1S/C85H166O17P2/c1-7-11-13-15-17-19-21-22-23-24-25-29-32-35-39-43-50-56-62-68-83(88)96-73-80(101-84(89)69-63-57-51-44-40-36-33-30-27-26-28-31-34-38-41-47-53-59-65-77(5)9-3)75-99-103(91,92)97-71-79(86)72-98-104(93,94)100-76-81(74-95-82(87)67-61-55-49-42-37-20-18-16-14-12-8-2)102-85(90)70-64-58-52-46-45-48-54-60-66-78(6)10-4/h77-81,86H,7-76H2,1-6H3,(H,91,92)(H,93,94)/t77?,78?,79-,80-,81-/m1/s1. The van der Waals surface area contributed by atoms with E-state index in [1.54, 1.807) is 0 Å². The maximum Gasteiger partial charge on any atom is 0.472 e. The predicted molar refractivity (Wildman–Crippen MR) is 428 cm³/mol. The molecule has 0 rings (SSSR count). The van der Waals surface area contributed by atoms with Crippen molar-refractivity contribution >= 4 is 39.5 Å². The molecule has 0 bridgehead atoms. The van der Waals surface area contributed by atoms with E-state index in [2.05, 4.69) is 41.5 Å². The Morgan fingerprint density at radius 2 is 0.462 bits per heavy atom. The fourth-order valence-electron chi connectivity index (χ4n) is 13.2. The number of hydrogen-bond donors (Lipinski definition) is 3. The zero-order valence-corrected chi connectivity index (χ0v) is 70.1. The number of rotatable bonds is 84. The van der Waals surface area contributed by atoms with Crippen molar-refractivity contribution in [3.8, 4) is 0 Å². The fraction of sp³-hybridized carbons (Fsp3) is 0.953. The van der Waals surface area contributed by atoms with Crippen molar-refractivity contribution in [3.63, 3.8) is 0 Å². The van der Waals surface area contributed by atoms with Crippen LogP contribution in [0.5, 0.6) is 0 Å². The van der Waals surface area contributed by atoms with Crippen LogP contribution in [0.25, 0.3) is 0 Å². The van der Waals surface area contributed by atoms with E-state index >= 15 is 0 Å². The van der Waals surface area contributed by atoms with Crippen LogP contribution in [0.4, 0.5) is 0 Å². The highest BCUT2D eigenvalue weighted by Gasteiger charge is 2.30. The van der Waals surface area contributed by atoms with E-state index in [1.165, 1.54) is 270 Å². The molecule has 0 aromatic heterocycles. The molecule has 19 heteroatoms. The van der Waals surface area contributed by atoms with Crippen LogP contribution in [0.1, 0.15) is 452 Å². The Labute approximate surface area is 638 Å². The molecule has 3 N–H and O–H groups in total. The number of unbranched alkanes of at least 4 members (excludes halogenated alkanes) is 52. The molecule has 7 atom stereocenters. The summed E-state index contributed by atoms with van der Waals surface area (Å²) in [5.41, 5.74) is 0. The van der Waals surface area contributed by atoms with Crippen molar-refractivity contribution in [1.82, 2.24) is 0 Å². The second kappa shape index (κ2) is 76.4. The van der Waals surface area contributed by atoms with Gasteiger partial charge >= 0.3 is 39.5 Å². The van der Waals surface area contributed by atoms with Crippen LogP contribution in [-0.4, -0.2) is 96.7 Å². The Bertz CT molecular complexity index is 2000. The van der Waals surface area contributed by atoms with Gasteiger partial charge in [0.1, 0.15) is 19.3 Å². The van der Waals surface area contributed by atoms with E-state index in [0.717, 1.165) is 102 Å². The van der Waals surface area contributed by atoms with Gasteiger partial charge in [0.15, 0.2) is 12.2 Å². The molecule has 0 saturated heterocycles. The Morgan fingerprint density at radius 3 is 0.683 bits per heavy atom. The summed E-state index contributed by atoms with van der Waals surface area (Å²) in [5.74, 6) is -0.464. The van der Waals surface area contributed by atoms with E-state index in [4.69, 9.17) is 37.0 Å². The highest BCUT2D eigenvalue weighted by atomic mass is 31.2. The molecule has 0 aliphatic carbocycles. The lowest BCUT2D eigenvalue weighted by atomic mass is 9.99. The summed E-state index contributed by atoms with van der Waals surface area (Å²) in [6.07, 6.45) is 68.0. The molecule has 0 radical (unpaired) electrons. The highest BCUT2D eigenvalue weighted by molar-refractivity contribution is 7.47. The average Bonchev–Trinajstić information content (AvgIpc) is 0.914. The van der Waals surface area contributed by atoms with Gasteiger partial charge in [-0.3, -0.25) is 37.3 Å². The first-order valence-electron chi connectivity index (χ1n) is 44.1. The first-order chi connectivity index (χ1) is 50.4. The van der Waals surface area contributed by atoms with Gasteiger partial charge in [-0.1, -0.05) is 401 Å². The number of phosphoric ester groups is 2. The van der Waals surface area contributed by atoms with Crippen molar-refractivity contribution in [3.05, 3.63) is 0 Å². The second-order valence-electron chi connectivity index (χ2n) is 31.1. The SMILES string of the molecule is CCCCCCCCCCCCCCCCCCCCCC(=O)OC[C@H](COP(=O)(O)OC[C@@H](O)COP(=O)(O)OC[C@@H](COC(=O)CCCCCCCCCCCCC)OC(=O)CCCCCCCCCCC(C)CC)OC(=O)CCCCCCCCCCCCCCCCCCCCC(C)CC. The van der Waals surface area contributed by atoms with Crippen LogP contribution >= 0.6 is 15.6 Å². The number of esters is 4. The van der Waals surface area contributed by atoms with Gasteiger partial charge in [-0.2, -0.15) is 0 Å². The molecule has 0 saturated carbocycles. The number of aliphatic hydroxyl groups excluding tert-OH is 1. The predicted octanol–water partition coefficient (Wildman–Crippen LogP) is 25.8. The van der Waals surface area contributed by atoms with Crippen molar-refractivity contribution in [2.24, 2.45) is 11.8 Å². The molecule has 0 aromatic rings. The van der Waals surface area contributed by atoms with Gasteiger partial charge in [-0.25, -0.2) is 9.13 Å². The molecular formula is C85H166O17P2. The van der Waals surface area contributed by atoms with Crippen molar-refractivity contribution in [2.75, 3.05) is 39.6 Å². The zero-order valence-electron chi connectivity index (χ0n) is 68.3. The van der Waals surface area contributed by atoms with Crippen LogP contribution in [0.3, 0.4) is 0 Å². The van der Waals surface area contributed by atoms with E-state index in [1.807, 2.05) is 0 Å². The quantitative estimate of drug-likeness (QED) is 0.0222. The number of phosphoric acid groups is 2. The van der Waals surface area contributed by atoms with Crippen molar-refractivity contribution in [2.45, 2.75) is 471 Å². The molecule has 0 spiro atoms. The third-order valence-corrected chi connectivity index (χ3v) is 22.6. The molecule has 104 heavy (non-hydrogen) atoms. The summed E-state index contributed by atoms with van der Waals surface area (Å²) in [4.78, 5) is 73.1. The van der Waals surface area contributed by atoms with Gasteiger partial charge in [0.2, 0.25) is 0 Å². The maximum absolute atomic E-state index is 13.1. The zero-order chi connectivity index (χ0) is 76.4. The molecular weight excluding hydrogens is 1350 g/mol. The Kier molecular flexibility index (Phi) is 75.0. The highest BCUT2D eigenvalue weighted by Crippen LogP contribution is 2.45. The number of hydrogen-bond acceptors (Lipinski definition) is 15. The summed E-state index contributed by atoms with van der Waals surface area (Å²) in [6.45, 7) is 9.72. The summed E-state index contributed by atoms with van der Waals surface area (Å²) in [6, 6.07) is 0. The molecule has 0 aliphatic heterocycles. The van der Waals surface area contributed by atoms with Gasteiger partial charge in [0.25, 0.3) is 0 Å². The minimum atomic E-state index is -4.97. The minimum Gasteiger partial charge on any atom is -0.462 e. The van der Waals surface area contributed by atoms with Crippen molar-refractivity contribution in [1.29, 1.82) is 0 Å². The van der Waals surface area contributed by atoms with E-state index in [-0.39, 0.29) is 25.7 Å². The number of aliphatic hydroxyl groups is 1. The van der Waals surface area contributed by atoms with Crippen LogP contribution in [0, 0.1) is 11.8 Å². The molecule has 4 unspecified atom stereocenters. The lowest BCUT2D eigenvalue weighted by Crippen LogP contribution is -2.30. The summed E-state index contributed by atoms with van der Waals surface area (Å²) in [5, 5.41) is 10.7. The number of ether oxygens (including phenoxy) is 4. The van der Waals surface area contributed by atoms with Gasteiger partial charge in [0, 0.05) is 25.7 Å². The van der Waals surface area contributed by atoms with Gasteiger partial charge in [-0.05, 0) is 37.5 Å². The molecule has 0 heterocycles. The largest absolute Gasteiger partial charge is 0.472 e. The van der Waals surface area contributed by atoms with Crippen LogP contribution in [0.15, 0.2) is 0 Å². The van der Waals surface area contributed by atoms with E-state index in [9.17, 15) is 43.2 Å².